The van der Waals surface area contributed by atoms with E-state index in [1.165, 1.54) is 5.56 Å². The number of aromatic nitrogens is 1. The lowest BCUT2D eigenvalue weighted by atomic mass is 10.0. The largest absolute Gasteiger partial charge is 0.506 e. The summed E-state index contributed by atoms with van der Waals surface area (Å²) in [5.74, 6) is 0.697. The predicted molar refractivity (Wildman–Crippen MR) is 78.5 cm³/mol. The summed E-state index contributed by atoms with van der Waals surface area (Å²) in [5.41, 5.74) is 3.96. The Morgan fingerprint density at radius 1 is 1.16 bits per heavy atom. The van der Waals surface area contributed by atoms with Gasteiger partial charge < -0.3 is 10.4 Å². The maximum absolute atomic E-state index is 9.79. The molecule has 0 atom stereocenters. The van der Waals surface area contributed by atoms with Gasteiger partial charge in [0.15, 0.2) is 0 Å². The number of rotatable bonds is 4. The Morgan fingerprint density at radius 2 is 1.89 bits per heavy atom. The molecule has 2 aromatic rings. The van der Waals surface area contributed by atoms with Gasteiger partial charge in [-0.05, 0) is 36.6 Å². The van der Waals surface area contributed by atoms with E-state index in [2.05, 4.69) is 36.3 Å². The summed E-state index contributed by atoms with van der Waals surface area (Å²) in [4.78, 5) is 4.35. The van der Waals surface area contributed by atoms with Crippen molar-refractivity contribution in [3.8, 4) is 5.75 Å². The maximum atomic E-state index is 9.79. The monoisotopic (exact) mass is 256 g/mol. The number of hydrogen-bond acceptors (Lipinski definition) is 3. The molecule has 3 nitrogen and oxygen atoms in total. The number of aromatic hydroxyl groups is 1. The molecule has 0 saturated heterocycles. The van der Waals surface area contributed by atoms with Crippen LogP contribution in [0.5, 0.6) is 5.75 Å². The van der Waals surface area contributed by atoms with Crippen LogP contribution in [0.3, 0.4) is 0 Å². The van der Waals surface area contributed by atoms with Crippen LogP contribution in [0.4, 0.5) is 5.69 Å². The standard InChI is InChI=1S/C16H20N2O/c1-11(2)13-6-4-5-7-14(13)17-10-15-16(19)9-8-12(3)18-15/h4-9,11,17,19H,10H2,1-3H3. The third-order valence-corrected chi connectivity index (χ3v) is 3.12. The van der Waals surface area contributed by atoms with Crippen molar-refractivity contribution >= 4 is 5.69 Å². The molecular weight excluding hydrogens is 236 g/mol. The van der Waals surface area contributed by atoms with Gasteiger partial charge in [-0.25, -0.2) is 0 Å². The zero-order valence-corrected chi connectivity index (χ0v) is 11.6. The van der Waals surface area contributed by atoms with E-state index in [9.17, 15) is 5.11 Å². The van der Waals surface area contributed by atoms with Crippen LogP contribution in [0.1, 0.15) is 36.7 Å². The van der Waals surface area contributed by atoms with Gasteiger partial charge >= 0.3 is 0 Å². The van der Waals surface area contributed by atoms with Crippen molar-refractivity contribution in [2.45, 2.75) is 33.2 Å². The average Bonchev–Trinajstić information content (AvgIpc) is 2.40. The van der Waals surface area contributed by atoms with E-state index in [1.54, 1.807) is 12.1 Å². The van der Waals surface area contributed by atoms with E-state index in [4.69, 9.17) is 0 Å². The second kappa shape index (κ2) is 5.74. The summed E-state index contributed by atoms with van der Waals surface area (Å²) in [6.45, 7) is 6.79. The first kappa shape index (κ1) is 13.4. The van der Waals surface area contributed by atoms with Crippen molar-refractivity contribution in [1.82, 2.24) is 4.98 Å². The van der Waals surface area contributed by atoms with E-state index in [0.29, 0.717) is 18.2 Å². The normalized spacial score (nSPS) is 10.7. The minimum absolute atomic E-state index is 0.236. The van der Waals surface area contributed by atoms with Gasteiger partial charge in [-0.2, -0.15) is 0 Å². The van der Waals surface area contributed by atoms with Crippen molar-refractivity contribution in [3.05, 3.63) is 53.3 Å². The number of hydrogen-bond donors (Lipinski definition) is 2. The molecule has 0 amide bonds. The molecule has 1 aromatic carbocycles. The molecule has 0 unspecified atom stereocenters. The van der Waals surface area contributed by atoms with Gasteiger partial charge in [-0.1, -0.05) is 32.0 Å². The minimum atomic E-state index is 0.236. The third kappa shape index (κ3) is 3.25. The molecule has 0 radical (unpaired) electrons. The molecule has 0 spiro atoms. The highest BCUT2D eigenvalue weighted by Crippen LogP contribution is 2.25. The van der Waals surface area contributed by atoms with E-state index in [0.717, 1.165) is 11.4 Å². The molecule has 1 heterocycles. The van der Waals surface area contributed by atoms with Crippen LogP contribution in [-0.2, 0) is 6.54 Å². The Kier molecular flexibility index (Phi) is 4.05. The van der Waals surface area contributed by atoms with E-state index in [-0.39, 0.29) is 5.75 Å². The molecule has 19 heavy (non-hydrogen) atoms. The van der Waals surface area contributed by atoms with Crippen LogP contribution in [0.2, 0.25) is 0 Å². The van der Waals surface area contributed by atoms with Gasteiger partial charge in [-0.15, -0.1) is 0 Å². The van der Waals surface area contributed by atoms with E-state index in [1.807, 2.05) is 19.1 Å². The van der Waals surface area contributed by atoms with Crippen LogP contribution < -0.4 is 5.32 Å². The highest BCUT2D eigenvalue weighted by molar-refractivity contribution is 5.53. The molecule has 100 valence electrons. The molecule has 0 aliphatic rings. The first-order valence-corrected chi connectivity index (χ1v) is 6.56. The fourth-order valence-electron chi connectivity index (χ4n) is 2.07. The van der Waals surface area contributed by atoms with Crippen molar-refractivity contribution in [2.75, 3.05) is 5.32 Å². The Morgan fingerprint density at radius 3 is 2.63 bits per heavy atom. The summed E-state index contributed by atoms with van der Waals surface area (Å²) >= 11 is 0. The van der Waals surface area contributed by atoms with Gasteiger partial charge in [0.25, 0.3) is 0 Å². The Hall–Kier alpha value is -2.03. The molecule has 2 rings (SSSR count). The highest BCUT2D eigenvalue weighted by atomic mass is 16.3. The SMILES string of the molecule is Cc1ccc(O)c(CNc2ccccc2C(C)C)n1. The second-order valence-electron chi connectivity index (χ2n) is 5.01. The number of para-hydroxylation sites is 1. The smallest absolute Gasteiger partial charge is 0.138 e. The first-order valence-electron chi connectivity index (χ1n) is 6.56. The lowest BCUT2D eigenvalue weighted by Gasteiger charge is -2.14. The summed E-state index contributed by atoms with van der Waals surface area (Å²) in [6.07, 6.45) is 0. The summed E-state index contributed by atoms with van der Waals surface area (Å²) in [7, 11) is 0. The molecule has 1 aromatic heterocycles. The van der Waals surface area contributed by atoms with Gasteiger partial charge in [0.1, 0.15) is 11.4 Å². The van der Waals surface area contributed by atoms with Crippen molar-refractivity contribution < 1.29 is 5.11 Å². The van der Waals surface area contributed by atoms with E-state index < -0.39 is 0 Å². The fourth-order valence-corrected chi connectivity index (χ4v) is 2.07. The lowest BCUT2D eigenvalue weighted by Crippen LogP contribution is -2.05. The Labute approximate surface area is 114 Å². The zero-order valence-electron chi connectivity index (χ0n) is 11.6. The molecule has 3 heteroatoms. The number of nitrogens with one attached hydrogen (secondary N) is 1. The number of pyridine rings is 1. The zero-order chi connectivity index (χ0) is 13.8. The van der Waals surface area contributed by atoms with Crippen LogP contribution in [0.25, 0.3) is 0 Å². The second-order valence-corrected chi connectivity index (χ2v) is 5.01. The van der Waals surface area contributed by atoms with Crippen LogP contribution in [0, 0.1) is 6.92 Å². The number of anilines is 1. The first-order chi connectivity index (χ1) is 9.08. The molecule has 0 aliphatic carbocycles. The van der Waals surface area contributed by atoms with E-state index >= 15 is 0 Å². The molecule has 0 bridgehead atoms. The van der Waals surface area contributed by atoms with Gasteiger partial charge in [0, 0.05) is 11.4 Å². The molecule has 0 aliphatic heterocycles. The van der Waals surface area contributed by atoms with Crippen LogP contribution in [-0.4, -0.2) is 10.1 Å². The third-order valence-electron chi connectivity index (χ3n) is 3.12. The molecular formula is C16H20N2O. The molecule has 0 saturated carbocycles. The summed E-state index contributed by atoms with van der Waals surface area (Å²) < 4.78 is 0. The van der Waals surface area contributed by atoms with Crippen LogP contribution in [0.15, 0.2) is 36.4 Å². The molecule has 0 fully saturated rings. The Balaban J connectivity index is 2.17. The van der Waals surface area contributed by atoms with Gasteiger partial charge in [0.05, 0.1) is 6.54 Å². The molecule has 2 N–H and O–H groups in total. The average molecular weight is 256 g/mol. The highest BCUT2D eigenvalue weighted by Gasteiger charge is 2.07. The summed E-state index contributed by atoms with van der Waals surface area (Å²) in [6, 6.07) is 11.7. The van der Waals surface area contributed by atoms with Gasteiger partial charge in [0.2, 0.25) is 0 Å². The topological polar surface area (TPSA) is 45.1 Å². The van der Waals surface area contributed by atoms with Crippen molar-refractivity contribution in [1.29, 1.82) is 0 Å². The van der Waals surface area contributed by atoms with Gasteiger partial charge in [-0.3, -0.25) is 4.98 Å². The van der Waals surface area contributed by atoms with Crippen LogP contribution >= 0.6 is 0 Å². The number of aryl methyl sites for hydroxylation is 1. The minimum Gasteiger partial charge on any atom is -0.506 e. The van der Waals surface area contributed by atoms with Crippen molar-refractivity contribution in [2.24, 2.45) is 0 Å². The van der Waals surface area contributed by atoms with Crippen molar-refractivity contribution in [3.63, 3.8) is 0 Å². The Bertz CT molecular complexity index is 564. The number of benzene rings is 1. The summed E-state index contributed by atoms with van der Waals surface area (Å²) in [5, 5.41) is 13.1. The quantitative estimate of drug-likeness (QED) is 0.873. The number of nitrogens with zero attached hydrogens (tertiary/aromatic N) is 1. The predicted octanol–water partition coefficient (Wildman–Crippen LogP) is 3.83. The maximum Gasteiger partial charge on any atom is 0.138 e. The lowest BCUT2D eigenvalue weighted by molar-refractivity contribution is 0.464. The fraction of sp³-hybridized carbons (Fsp3) is 0.312.